The number of nitrogens with zero attached hydrogens (tertiary/aromatic N) is 1. The van der Waals surface area contributed by atoms with Gasteiger partial charge in [0.1, 0.15) is 0 Å². The summed E-state index contributed by atoms with van der Waals surface area (Å²) in [5.41, 5.74) is 0. The van der Waals surface area contributed by atoms with Crippen LogP contribution >= 0.6 is 11.8 Å². The highest BCUT2D eigenvalue weighted by molar-refractivity contribution is 8.15. The second-order valence-corrected chi connectivity index (χ2v) is 6.04. The lowest BCUT2D eigenvalue weighted by molar-refractivity contribution is -0.116. The van der Waals surface area contributed by atoms with E-state index in [9.17, 15) is 9.00 Å². The average Bonchev–Trinajstić information content (AvgIpc) is 2.83. The molecule has 3 rings (SSSR count). The molecule has 1 amide bonds. The van der Waals surface area contributed by atoms with Crippen LogP contribution in [0.1, 0.15) is 0 Å². The Kier molecular flexibility index (Phi) is 3.35. The van der Waals surface area contributed by atoms with Crippen molar-refractivity contribution < 1.29 is 9.00 Å². The number of rotatable bonds is 2. The largest absolute Gasteiger partial charge is 0.304 e. The number of fused-ring (bicyclic) bond motifs is 1. The molecule has 0 bridgehead atoms. The van der Waals surface area contributed by atoms with Crippen molar-refractivity contribution in [1.29, 1.82) is 0 Å². The van der Waals surface area contributed by atoms with Crippen molar-refractivity contribution in [2.24, 2.45) is 4.40 Å². The fourth-order valence-electron chi connectivity index (χ4n) is 1.85. The fourth-order valence-corrected chi connectivity index (χ4v) is 3.65. The first-order valence-corrected chi connectivity index (χ1v) is 7.74. The van der Waals surface area contributed by atoms with Crippen LogP contribution in [-0.4, -0.2) is 21.0 Å². The first-order valence-electron chi connectivity index (χ1n) is 5.65. The minimum absolute atomic E-state index is 0.0985. The molecule has 0 aromatic heterocycles. The molecular formula is C13H10N2O2S2. The number of benzene rings is 2. The zero-order valence-electron chi connectivity index (χ0n) is 9.83. The number of thioether (sulfide) groups is 1. The maximum Gasteiger partial charge on any atom is 0.236 e. The quantitative estimate of drug-likeness (QED) is 0.921. The Morgan fingerprint density at radius 1 is 1.16 bits per heavy atom. The summed E-state index contributed by atoms with van der Waals surface area (Å²) >= 11 is 1.28. The molecule has 1 saturated heterocycles. The maximum atomic E-state index is 12.3. The third kappa shape index (κ3) is 2.54. The van der Waals surface area contributed by atoms with Crippen LogP contribution in [0.2, 0.25) is 0 Å². The van der Waals surface area contributed by atoms with Crippen LogP contribution in [0.25, 0.3) is 10.8 Å². The molecule has 1 aliphatic heterocycles. The number of carbonyl (C=O) groups excluding carboxylic acids is 1. The molecule has 1 unspecified atom stereocenters. The summed E-state index contributed by atoms with van der Waals surface area (Å²) in [7, 11) is -1.51. The number of carbonyl (C=O) groups is 1. The van der Waals surface area contributed by atoms with Crippen LogP contribution in [0.15, 0.2) is 51.8 Å². The van der Waals surface area contributed by atoms with Crippen LogP contribution in [0.3, 0.4) is 0 Å². The van der Waals surface area contributed by atoms with Crippen LogP contribution in [0.4, 0.5) is 0 Å². The Morgan fingerprint density at radius 2 is 1.95 bits per heavy atom. The highest BCUT2D eigenvalue weighted by atomic mass is 32.2. The second-order valence-electron chi connectivity index (χ2n) is 3.96. The highest BCUT2D eigenvalue weighted by Crippen LogP contribution is 2.23. The molecule has 6 heteroatoms. The summed E-state index contributed by atoms with van der Waals surface area (Å²) in [5.74, 6) is 0.240. The molecule has 4 nitrogen and oxygen atoms in total. The van der Waals surface area contributed by atoms with Crippen molar-refractivity contribution in [2.75, 3.05) is 5.75 Å². The monoisotopic (exact) mass is 290 g/mol. The summed E-state index contributed by atoms with van der Waals surface area (Å²) in [6, 6.07) is 13.4. The summed E-state index contributed by atoms with van der Waals surface area (Å²) in [4.78, 5) is 11.7. The molecule has 0 saturated carbocycles. The molecule has 1 aliphatic rings. The van der Waals surface area contributed by atoms with Gasteiger partial charge in [-0.3, -0.25) is 4.79 Å². The van der Waals surface area contributed by atoms with Crippen LogP contribution < -0.4 is 5.32 Å². The van der Waals surface area contributed by atoms with Gasteiger partial charge in [-0.25, -0.2) is 4.21 Å². The highest BCUT2D eigenvalue weighted by Gasteiger charge is 2.18. The smallest absolute Gasteiger partial charge is 0.236 e. The number of nitrogens with one attached hydrogen (secondary N) is 1. The van der Waals surface area contributed by atoms with Gasteiger partial charge in [0.15, 0.2) is 16.2 Å². The van der Waals surface area contributed by atoms with Crippen molar-refractivity contribution >= 4 is 44.6 Å². The summed E-state index contributed by atoms with van der Waals surface area (Å²) in [6.45, 7) is 0. The van der Waals surface area contributed by atoms with E-state index in [-0.39, 0.29) is 5.91 Å². The van der Waals surface area contributed by atoms with Crippen molar-refractivity contribution in [3.63, 3.8) is 0 Å². The van der Waals surface area contributed by atoms with E-state index < -0.39 is 11.0 Å². The topological polar surface area (TPSA) is 58.5 Å². The number of amides is 1. The molecule has 1 fully saturated rings. The molecular weight excluding hydrogens is 280 g/mol. The van der Waals surface area contributed by atoms with Gasteiger partial charge in [-0.15, -0.1) is 0 Å². The Morgan fingerprint density at radius 3 is 2.74 bits per heavy atom. The molecule has 0 aliphatic carbocycles. The van der Waals surface area contributed by atoms with E-state index in [2.05, 4.69) is 9.71 Å². The van der Waals surface area contributed by atoms with E-state index in [4.69, 9.17) is 0 Å². The molecule has 1 heterocycles. The van der Waals surface area contributed by atoms with E-state index >= 15 is 0 Å². The predicted molar refractivity (Wildman–Crippen MR) is 78.4 cm³/mol. The lowest BCUT2D eigenvalue weighted by Gasteiger charge is -2.03. The molecule has 96 valence electrons. The van der Waals surface area contributed by atoms with Crippen LogP contribution in [-0.2, 0) is 15.8 Å². The van der Waals surface area contributed by atoms with Gasteiger partial charge in [0.2, 0.25) is 5.91 Å². The zero-order valence-corrected chi connectivity index (χ0v) is 11.5. The van der Waals surface area contributed by atoms with Gasteiger partial charge in [0, 0.05) is 0 Å². The van der Waals surface area contributed by atoms with E-state index in [1.165, 1.54) is 11.8 Å². The third-order valence-corrected chi connectivity index (χ3v) is 4.76. The Hall–Kier alpha value is -1.66. The molecule has 1 N–H and O–H groups in total. The molecule has 2 aromatic rings. The van der Waals surface area contributed by atoms with Crippen molar-refractivity contribution in [3.05, 3.63) is 42.5 Å². The fraction of sp³-hybridized carbons (Fsp3) is 0.0769. The zero-order chi connectivity index (χ0) is 13.2. The molecule has 0 radical (unpaired) electrons. The van der Waals surface area contributed by atoms with Gasteiger partial charge in [-0.1, -0.05) is 48.2 Å². The minimum atomic E-state index is -1.51. The number of hydrogen-bond donors (Lipinski definition) is 1. The number of hydrogen-bond acceptors (Lipinski definition) is 3. The Balaban J connectivity index is 2.00. The van der Waals surface area contributed by atoms with Crippen molar-refractivity contribution in [2.45, 2.75) is 4.90 Å². The van der Waals surface area contributed by atoms with Gasteiger partial charge >= 0.3 is 0 Å². The van der Waals surface area contributed by atoms with Gasteiger partial charge < -0.3 is 5.32 Å². The van der Waals surface area contributed by atoms with Crippen LogP contribution in [0, 0.1) is 0 Å². The SMILES string of the molecule is O=C1CS/C(=N/S(=O)c2cccc3ccccc23)N1. The summed E-state index contributed by atoms with van der Waals surface area (Å²) in [6.07, 6.45) is 0. The van der Waals surface area contributed by atoms with Crippen molar-refractivity contribution in [3.8, 4) is 0 Å². The number of amidine groups is 1. The normalized spacial score (nSPS) is 18.7. The molecule has 19 heavy (non-hydrogen) atoms. The van der Waals surface area contributed by atoms with E-state index in [1.54, 1.807) is 6.07 Å². The van der Waals surface area contributed by atoms with Crippen LogP contribution in [0.5, 0.6) is 0 Å². The lowest BCUT2D eigenvalue weighted by atomic mass is 10.1. The van der Waals surface area contributed by atoms with Gasteiger partial charge in [0.05, 0.1) is 10.6 Å². The predicted octanol–water partition coefficient (Wildman–Crippen LogP) is 2.08. The Bertz CT molecular complexity index is 707. The molecule has 2 aromatic carbocycles. The van der Waals surface area contributed by atoms with Gasteiger partial charge in [-0.05, 0) is 16.8 Å². The standard InChI is InChI=1S/C13H10N2O2S2/c16-12-8-18-13(14-12)15-19(17)11-7-3-5-9-4-1-2-6-10(9)11/h1-7H,8H2,(H,14,15,16). The second kappa shape index (κ2) is 5.14. The lowest BCUT2D eigenvalue weighted by Crippen LogP contribution is -2.20. The summed E-state index contributed by atoms with van der Waals surface area (Å²) < 4.78 is 16.3. The first kappa shape index (κ1) is 12.4. The first-order chi connectivity index (χ1) is 9.24. The van der Waals surface area contributed by atoms with E-state index in [0.717, 1.165) is 10.8 Å². The van der Waals surface area contributed by atoms with Crippen molar-refractivity contribution in [1.82, 2.24) is 5.32 Å². The molecule has 0 spiro atoms. The summed E-state index contributed by atoms with van der Waals surface area (Å²) in [5, 5.41) is 4.95. The van der Waals surface area contributed by atoms with Gasteiger partial charge in [-0.2, -0.15) is 4.40 Å². The Labute approximate surface area is 116 Å². The minimum Gasteiger partial charge on any atom is -0.304 e. The maximum absolute atomic E-state index is 12.3. The van der Waals surface area contributed by atoms with Gasteiger partial charge in [0.25, 0.3) is 0 Å². The average molecular weight is 290 g/mol. The van der Waals surface area contributed by atoms with E-state index in [1.807, 2.05) is 36.4 Å². The third-order valence-electron chi connectivity index (χ3n) is 2.69. The van der Waals surface area contributed by atoms with E-state index in [0.29, 0.717) is 15.8 Å². The molecule has 1 atom stereocenters.